The fourth-order valence-corrected chi connectivity index (χ4v) is 4.30. The van der Waals surface area contributed by atoms with E-state index in [1.165, 1.54) is 38.5 Å². The van der Waals surface area contributed by atoms with Crippen molar-refractivity contribution in [1.82, 2.24) is 10.6 Å². The number of Topliss-reactive ketones (excluding diaryl/α,β-unsaturated/α-hetero) is 1. The van der Waals surface area contributed by atoms with Gasteiger partial charge >= 0.3 is 0 Å². The van der Waals surface area contributed by atoms with Gasteiger partial charge < -0.3 is 10.6 Å². The van der Waals surface area contributed by atoms with Crippen molar-refractivity contribution >= 4 is 11.7 Å². The van der Waals surface area contributed by atoms with E-state index in [-0.39, 0.29) is 28.7 Å². The Bertz CT molecular complexity index is 500. The minimum Gasteiger partial charge on any atom is -0.356 e. The minimum atomic E-state index is -0.219. The number of carbonyl (C=O) groups excluding carboxylic acids is 2. The lowest BCUT2D eigenvalue weighted by molar-refractivity contribution is -0.134. The molecule has 0 radical (unpaired) electrons. The second-order valence-electron chi connectivity index (χ2n) is 11.1. The van der Waals surface area contributed by atoms with Gasteiger partial charge in [0.1, 0.15) is 5.78 Å². The maximum Gasteiger partial charge on any atom is 0.223 e. The molecule has 0 spiro atoms. The van der Waals surface area contributed by atoms with E-state index in [2.05, 4.69) is 52.2 Å². The third-order valence-corrected chi connectivity index (χ3v) is 6.83. The molecule has 30 heavy (non-hydrogen) atoms. The lowest BCUT2D eigenvalue weighted by atomic mass is 9.72. The zero-order chi connectivity index (χ0) is 22.6. The van der Waals surface area contributed by atoms with Gasteiger partial charge in [-0.25, -0.2) is 0 Å². The van der Waals surface area contributed by atoms with Gasteiger partial charge in [0.25, 0.3) is 0 Å². The summed E-state index contributed by atoms with van der Waals surface area (Å²) < 4.78 is 0. The maximum absolute atomic E-state index is 12.6. The molecule has 1 aliphatic rings. The molecule has 2 N–H and O–H groups in total. The molecular formula is C26H50N2O2. The predicted molar refractivity (Wildman–Crippen MR) is 128 cm³/mol. The molecule has 0 aromatic heterocycles. The Hall–Kier alpha value is -0.900. The summed E-state index contributed by atoms with van der Waals surface area (Å²) in [6.07, 6.45) is 13.1. The van der Waals surface area contributed by atoms with E-state index in [1.54, 1.807) is 0 Å². The van der Waals surface area contributed by atoms with Crippen molar-refractivity contribution in [2.24, 2.45) is 17.3 Å². The summed E-state index contributed by atoms with van der Waals surface area (Å²) in [5.74, 6) is 0.880. The highest BCUT2D eigenvalue weighted by Crippen LogP contribution is 2.35. The van der Waals surface area contributed by atoms with E-state index >= 15 is 0 Å². The Kier molecular flexibility index (Phi) is 12.2. The van der Waals surface area contributed by atoms with Gasteiger partial charge in [0.2, 0.25) is 5.91 Å². The van der Waals surface area contributed by atoms with Crippen LogP contribution in [0.3, 0.4) is 0 Å². The van der Waals surface area contributed by atoms with Crippen molar-refractivity contribution in [2.75, 3.05) is 13.1 Å². The van der Waals surface area contributed by atoms with Crippen LogP contribution in [0.1, 0.15) is 119 Å². The molecule has 1 amide bonds. The average molecular weight is 423 g/mol. The predicted octanol–water partition coefficient (Wildman–Crippen LogP) is 6.03. The maximum atomic E-state index is 12.6. The number of hydrogen-bond acceptors (Lipinski definition) is 3. The SMILES string of the molecule is CCC(C)(C)C(=O)C1CCC(C(=O)NCCCCCCCCCNC(C)(C)C)CC1. The fourth-order valence-electron chi connectivity index (χ4n) is 4.30. The number of amides is 1. The molecule has 1 rings (SSSR count). The van der Waals surface area contributed by atoms with Crippen LogP contribution in [0, 0.1) is 17.3 Å². The molecule has 0 saturated heterocycles. The largest absolute Gasteiger partial charge is 0.356 e. The first-order chi connectivity index (χ1) is 14.1. The van der Waals surface area contributed by atoms with Crippen molar-refractivity contribution in [1.29, 1.82) is 0 Å². The number of rotatable bonds is 14. The minimum absolute atomic E-state index is 0.112. The molecule has 1 fully saturated rings. The zero-order valence-electron chi connectivity index (χ0n) is 20.9. The van der Waals surface area contributed by atoms with Crippen molar-refractivity contribution in [2.45, 2.75) is 124 Å². The van der Waals surface area contributed by atoms with Gasteiger partial charge in [-0.2, -0.15) is 0 Å². The monoisotopic (exact) mass is 422 g/mol. The normalized spacial score (nSPS) is 20.2. The standard InChI is InChI=1S/C26H50N2O2/c1-7-26(5,6)23(29)21-15-17-22(18-16-21)24(30)27-19-13-11-9-8-10-12-14-20-28-25(2,3)4/h21-22,28H,7-20H2,1-6H3,(H,27,30). The first kappa shape index (κ1) is 27.1. The first-order valence-corrected chi connectivity index (χ1v) is 12.6. The molecule has 0 aliphatic heterocycles. The van der Waals surface area contributed by atoms with Crippen LogP contribution in [0.25, 0.3) is 0 Å². The summed E-state index contributed by atoms with van der Waals surface area (Å²) in [5, 5.41) is 6.68. The van der Waals surface area contributed by atoms with E-state index in [9.17, 15) is 9.59 Å². The molecule has 0 aromatic rings. The Morgan fingerprint density at radius 3 is 1.70 bits per heavy atom. The number of carbonyl (C=O) groups is 2. The molecule has 4 heteroatoms. The Balaban J connectivity index is 2.02. The van der Waals surface area contributed by atoms with Crippen molar-refractivity contribution in [3.8, 4) is 0 Å². The number of ketones is 1. The van der Waals surface area contributed by atoms with E-state index in [0.717, 1.165) is 51.6 Å². The third kappa shape index (κ3) is 10.9. The average Bonchev–Trinajstić information content (AvgIpc) is 2.70. The highest BCUT2D eigenvalue weighted by atomic mass is 16.2. The molecule has 0 heterocycles. The van der Waals surface area contributed by atoms with Crippen LogP contribution in [0.4, 0.5) is 0 Å². The van der Waals surface area contributed by atoms with Gasteiger partial charge in [-0.05, 0) is 72.3 Å². The summed E-state index contributed by atoms with van der Waals surface area (Å²) >= 11 is 0. The van der Waals surface area contributed by atoms with Gasteiger partial charge in [0.05, 0.1) is 0 Å². The summed E-state index contributed by atoms with van der Waals surface area (Å²) in [5.41, 5.74) is 0.0102. The molecule has 0 bridgehead atoms. The Morgan fingerprint density at radius 1 is 0.733 bits per heavy atom. The summed E-state index contributed by atoms with van der Waals surface area (Å²) in [6.45, 7) is 14.8. The third-order valence-electron chi connectivity index (χ3n) is 6.83. The molecule has 1 saturated carbocycles. The highest BCUT2D eigenvalue weighted by Gasteiger charge is 2.35. The first-order valence-electron chi connectivity index (χ1n) is 12.6. The Labute approximate surface area is 186 Å². The molecule has 1 aliphatic carbocycles. The molecular weight excluding hydrogens is 372 g/mol. The Morgan fingerprint density at radius 2 is 1.20 bits per heavy atom. The van der Waals surface area contributed by atoms with Crippen LogP contribution in [0.15, 0.2) is 0 Å². The summed E-state index contributed by atoms with van der Waals surface area (Å²) in [7, 11) is 0. The zero-order valence-corrected chi connectivity index (χ0v) is 20.9. The van der Waals surface area contributed by atoms with E-state index in [4.69, 9.17) is 0 Å². The van der Waals surface area contributed by atoms with Crippen LogP contribution >= 0.6 is 0 Å². The second kappa shape index (κ2) is 13.5. The van der Waals surface area contributed by atoms with Crippen LogP contribution in [0.2, 0.25) is 0 Å². The number of nitrogens with one attached hydrogen (secondary N) is 2. The molecule has 0 aromatic carbocycles. The molecule has 0 atom stereocenters. The molecule has 0 unspecified atom stereocenters. The van der Waals surface area contributed by atoms with Gasteiger partial charge in [-0.1, -0.05) is 52.9 Å². The lowest BCUT2D eigenvalue weighted by Gasteiger charge is -2.32. The smallest absolute Gasteiger partial charge is 0.223 e. The number of unbranched alkanes of at least 4 members (excludes halogenated alkanes) is 6. The number of hydrogen-bond donors (Lipinski definition) is 2. The van der Waals surface area contributed by atoms with Gasteiger partial charge in [0, 0.05) is 29.3 Å². The van der Waals surface area contributed by atoms with Crippen LogP contribution in [0.5, 0.6) is 0 Å². The van der Waals surface area contributed by atoms with Gasteiger partial charge in [-0.15, -0.1) is 0 Å². The van der Waals surface area contributed by atoms with E-state index in [1.807, 2.05) is 0 Å². The van der Waals surface area contributed by atoms with E-state index < -0.39 is 0 Å². The quantitative estimate of drug-likeness (QED) is 0.336. The topological polar surface area (TPSA) is 58.2 Å². The fraction of sp³-hybridized carbons (Fsp3) is 0.923. The highest BCUT2D eigenvalue weighted by molar-refractivity contribution is 5.86. The van der Waals surface area contributed by atoms with Crippen LogP contribution < -0.4 is 10.6 Å². The van der Waals surface area contributed by atoms with Crippen LogP contribution in [-0.2, 0) is 9.59 Å². The summed E-state index contributed by atoms with van der Waals surface area (Å²) in [6, 6.07) is 0. The summed E-state index contributed by atoms with van der Waals surface area (Å²) in [4.78, 5) is 25.1. The van der Waals surface area contributed by atoms with Crippen molar-refractivity contribution in [3.05, 3.63) is 0 Å². The lowest BCUT2D eigenvalue weighted by Crippen LogP contribution is -2.37. The van der Waals surface area contributed by atoms with Crippen LogP contribution in [-0.4, -0.2) is 30.3 Å². The van der Waals surface area contributed by atoms with Gasteiger partial charge in [0.15, 0.2) is 0 Å². The second-order valence-corrected chi connectivity index (χ2v) is 11.1. The molecule has 4 nitrogen and oxygen atoms in total. The van der Waals surface area contributed by atoms with E-state index in [0.29, 0.717) is 5.78 Å². The van der Waals surface area contributed by atoms with Crippen molar-refractivity contribution in [3.63, 3.8) is 0 Å². The van der Waals surface area contributed by atoms with Crippen molar-refractivity contribution < 1.29 is 9.59 Å². The molecule has 176 valence electrons. The van der Waals surface area contributed by atoms with Gasteiger partial charge in [-0.3, -0.25) is 9.59 Å².